The molecule has 0 radical (unpaired) electrons. The van der Waals surface area contributed by atoms with Crippen LogP contribution in [0.4, 0.5) is 0 Å². The van der Waals surface area contributed by atoms with E-state index < -0.39 is 0 Å². The number of allylic oxidation sites excluding steroid dienone is 3. The van der Waals surface area contributed by atoms with Gasteiger partial charge < -0.3 is 4.74 Å². The van der Waals surface area contributed by atoms with E-state index in [0.29, 0.717) is 11.1 Å². The SMILES string of the molecule is C=CC(C=C)=C(C(=O)OC)c1ccccc1. The lowest BCUT2D eigenvalue weighted by Gasteiger charge is -2.08. The number of carbonyl (C=O) groups is 1. The van der Waals surface area contributed by atoms with Crippen LogP contribution < -0.4 is 0 Å². The van der Waals surface area contributed by atoms with Gasteiger partial charge in [0.25, 0.3) is 0 Å². The summed E-state index contributed by atoms with van der Waals surface area (Å²) in [6.07, 6.45) is 3.18. The van der Waals surface area contributed by atoms with Crippen LogP contribution in [-0.2, 0) is 9.53 Å². The van der Waals surface area contributed by atoms with E-state index in [1.165, 1.54) is 7.11 Å². The van der Waals surface area contributed by atoms with E-state index in [1.807, 2.05) is 30.3 Å². The van der Waals surface area contributed by atoms with Crippen molar-refractivity contribution >= 4 is 11.5 Å². The monoisotopic (exact) mass is 214 g/mol. The molecule has 0 aromatic heterocycles. The third kappa shape index (κ3) is 2.48. The maximum atomic E-state index is 11.7. The summed E-state index contributed by atoms with van der Waals surface area (Å²) in [6, 6.07) is 9.31. The summed E-state index contributed by atoms with van der Waals surface area (Å²) in [4.78, 5) is 11.7. The van der Waals surface area contributed by atoms with E-state index in [-0.39, 0.29) is 5.97 Å². The molecule has 0 aliphatic carbocycles. The molecule has 0 N–H and O–H groups in total. The molecule has 0 fully saturated rings. The molecule has 0 amide bonds. The molecule has 0 aliphatic heterocycles. The number of carbonyl (C=O) groups excluding carboxylic acids is 1. The highest BCUT2D eigenvalue weighted by molar-refractivity contribution is 6.18. The van der Waals surface area contributed by atoms with Crippen LogP contribution in [0.15, 0.2) is 61.2 Å². The third-order valence-electron chi connectivity index (χ3n) is 2.18. The standard InChI is InChI=1S/C14H14O2/c1-4-11(5-2)13(14(15)16-3)12-9-7-6-8-10-12/h4-10H,1-2H2,3H3. The third-order valence-corrected chi connectivity index (χ3v) is 2.18. The summed E-state index contributed by atoms with van der Waals surface area (Å²) in [5.41, 5.74) is 1.94. The average molecular weight is 214 g/mol. The molecule has 16 heavy (non-hydrogen) atoms. The summed E-state index contributed by atoms with van der Waals surface area (Å²) < 4.78 is 4.76. The van der Waals surface area contributed by atoms with Crippen LogP contribution in [0.25, 0.3) is 5.57 Å². The smallest absolute Gasteiger partial charge is 0.339 e. The number of hydrogen-bond acceptors (Lipinski definition) is 2. The maximum Gasteiger partial charge on any atom is 0.339 e. The fourth-order valence-corrected chi connectivity index (χ4v) is 1.40. The van der Waals surface area contributed by atoms with Gasteiger partial charge in [-0.3, -0.25) is 0 Å². The van der Waals surface area contributed by atoms with E-state index in [2.05, 4.69) is 13.2 Å². The van der Waals surface area contributed by atoms with E-state index in [0.717, 1.165) is 5.56 Å². The van der Waals surface area contributed by atoms with Crippen LogP contribution in [0.3, 0.4) is 0 Å². The first-order valence-electron chi connectivity index (χ1n) is 4.87. The van der Waals surface area contributed by atoms with Crippen molar-refractivity contribution < 1.29 is 9.53 Å². The first-order chi connectivity index (χ1) is 7.74. The highest BCUT2D eigenvalue weighted by Crippen LogP contribution is 2.21. The molecule has 1 aromatic carbocycles. The van der Waals surface area contributed by atoms with Gasteiger partial charge >= 0.3 is 5.97 Å². The molecule has 0 atom stereocenters. The van der Waals surface area contributed by atoms with E-state index in [1.54, 1.807) is 12.2 Å². The summed E-state index contributed by atoms with van der Waals surface area (Å²) in [6.45, 7) is 7.32. The van der Waals surface area contributed by atoms with Gasteiger partial charge in [0.2, 0.25) is 0 Å². The van der Waals surface area contributed by atoms with Crippen molar-refractivity contribution in [2.24, 2.45) is 0 Å². The van der Waals surface area contributed by atoms with Crippen molar-refractivity contribution in [2.45, 2.75) is 0 Å². The first kappa shape index (κ1) is 12.0. The largest absolute Gasteiger partial charge is 0.465 e. The number of rotatable bonds is 4. The Balaban J connectivity index is 3.37. The number of esters is 1. The summed E-state index contributed by atoms with van der Waals surface area (Å²) in [7, 11) is 1.36. The Hall–Kier alpha value is -2.09. The number of hydrogen-bond donors (Lipinski definition) is 0. The predicted octanol–water partition coefficient (Wildman–Crippen LogP) is 2.99. The second kappa shape index (κ2) is 5.71. The molecule has 2 nitrogen and oxygen atoms in total. The summed E-state index contributed by atoms with van der Waals surface area (Å²) in [5, 5.41) is 0. The zero-order chi connectivity index (χ0) is 12.0. The molecule has 0 spiro atoms. The van der Waals surface area contributed by atoms with Crippen molar-refractivity contribution in [2.75, 3.05) is 7.11 Å². The van der Waals surface area contributed by atoms with Gasteiger partial charge in [-0.1, -0.05) is 55.6 Å². The fraction of sp³-hybridized carbons (Fsp3) is 0.0714. The lowest BCUT2D eigenvalue weighted by molar-refractivity contribution is -0.133. The Kier molecular flexibility index (Phi) is 4.28. The zero-order valence-corrected chi connectivity index (χ0v) is 9.27. The number of ether oxygens (including phenoxy) is 1. The molecule has 2 heteroatoms. The van der Waals surface area contributed by atoms with Crippen molar-refractivity contribution in [1.82, 2.24) is 0 Å². The van der Waals surface area contributed by atoms with E-state index in [4.69, 9.17) is 4.74 Å². The molecule has 0 aliphatic rings. The number of benzene rings is 1. The van der Waals surface area contributed by atoms with Crippen molar-refractivity contribution in [3.05, 3.63) is 66.8 Å². The predicted molar refractivity (Wildman–Crippen MR) is 65.8 cm³/mol. The quantitative estimate of drug-likeness (QED) is 0.437. The van der Waals surface area contributed by atoms with Crippen LogP contribution in [0.2, 0.25) is 0 Å². The second-order valence-electron chi connectivity index (χ2n) is 3.10. The van der Waals surface area contributed by atoms with Crippen molar-refractivity contribution in [1.29, 1.82) is 0 Å². The summed E-state index contributed by atoms with van der Waals surface area (Å²) in [5.74, 6) is -0.388. The molecule has 0 bridgehead atoms. The van der Waals surface area contributed by atoms with Crippen LogP contribution in [0.5, 0.6) is 0 Å². The molecule has 0 saturated carbocycles. The van der Waals surface area contributed by atoms with Gasteiger partial charge in [-0.15, -0.1) is 0 Å². The zero-order valence-electron chi connectivity index (χ0n) is 9.27. The van der Waals surface area contributed by atoms with Crippen LogP contribution in [0, 0.1) is 0 Å². The minimum atomic E-state index is -0.388. The summed E-state index contributed by atoms with van der Waals surface area (Å²) >= 11 is 0. The topological polar surface area (TPSA) is 26.3 Å². The fourth-order valence-electron chi connectivity index (χ4n) is 1.40. The number of methoxy groups -OCH3 is 1. The van der Waals surface area contributed by atoms with Gasteiger partial charge in [-0.05, 0) is 11.1 Å². The molecular formula is C14H14O2. The van der Waals surface area contributed by atoms with Gasteiger partial charge in [0.15, 0.2) is 0 Å². The Morgan fingerprint density at radius 3 is 2.19 bits per heavy atom. The molecular weight excluding hydrogens is 200 g/mol. The van der Waals surface area contributed by atoms with Crippen molar-refractivity contribution in [3.8, 4) is 0 Å². The lowest BCUT2D eigenvalue weighted by atomic mass is 10.00. The second-order valence-corrected chi connectivity index (χ2v) is 3.10. The van der Waals surface area contributed by atoms with Crippen LogP contribution in [-0.4, -0.2) is 13.1 Å². The Labute approximate surface area is 95.6 Å². The van der Waals surface area contributed by atoms with Gasteiger partial charge in [0.1, 0.15) is 0 Å². The Morgan fingerprint density at radius 2 is 1.75 bits per heavy atom. The average Bonchev–Trinajstić information content (AvgIpc) is 2.36. The molecule has 0 unspecified atom stereocenters. The molecule has 1 aromatic rings. The van der Waals surface area contributed by atoms with Gasteiger partial charge in [-0.2, -0.15) is 0 Å². The minimum Gasteiger partial charge on any atom is -0.465 e. The van der Waals surface area contributed by atoms with Gasteiger partial charge in [0.05, 0.1) is 12.7 Å². The molecule has 0 heterocycles. The van der Waals surface area contributed by atoms with Crippen LogP contribution >= 0.6 is 0 Å². The van der Waals surface area contributed by atoms with Crippen molar-refractivity contribution in [3.63, 3.8) is 0 Å². The first-order valence-corrected chi connectivity index (χ1v) is 4.87. The molecule has 1 rings (SSSR count). The van der Waals surface area contributed by atoms with Gasteiger partial charge in [-0.25, -0.2) is 4.79 Å². The van der Waals surface area contributed by atoms with E-state index >= 15 is 0 Å². The normalized spacial score (nSPS) is 9.06. The highest BCUT2D eigenvalue weighted by Gasteiger charge is 2.14. The minimum absolute atomic E-state index is 0.388. The Bertz CT molecular complexity index is 417. The van der Waals surface area contributed by atoms with Gasteiger partial charge in [0, 0.05) is 0 Å². The maximum absolute atomic E-state index is 11.7. The lowest BCUT2D eigenvalue weighted by Crippen LogP contribution is -2.05. The Morgan fingerprint density at radius 1 is 1.19 bits per heavy atom. The molecule has 0 saturated heterocycles. The molecule has 82 valence electrons. The van der Waals surface area contributed by atoms with E-state index in [9.17, 15) is 4.79 Å². The van der Waals surface area contributed by atoms with Crippen LogP contribution in [0.1, 0.15) is 5.56 Å². The highest BCUT2D eigenvalue weighted by atomic mass is 16.5.